The number of unbranched alkanes of at least 4 members (excludes halogenated alkanes) is 7. The maximum atomic E-state index is 13.6. The average Bonchev–Trinajstić information content (AvgIpc) is 0.749. The first-order valence-electron chi connectivity index (χ1n) is 32.6. The molecule has 4 bridgehead atoms. The van der Waals surface area contributed by atoms with Gasteiger partial charge in [-0.25, -0.2) is 9.59 Å². The number of aromatic carboxylic acids is 2. The van der Waals surface area contributed by atoms with Crippen LogP contribution in [0.15, 0.2) is 223 Å². The SMILES string of the molecule is CCCCCCCCCCC(=O)Oc1c(C)cc([S+](c2ccccc2)c2ccccc2)cc1C.Cc1cc([S+](c2ccccc2)c2ccccc2)cc(C)c1OC(=O)C12CC3CC(CC(C3)C1)C2.O=C(O)c1c([O-])cccc1O.O=C(O)c1cc(O)c2ccccc2c1[O-]. The Bertz CT molecular complexity index is 3860. The second kappa shape index (κ2) is 32.7. The third-order valence-electron chi connectivity index (χ3n) is 17.8. The first-order valence-corrected chi connectivity index (χ1v) is 35.0. The lowest BCUT2D eigenvalue weighted by atomic mass is 9.49. The zero-order valence-electron chi connectivity index (χ0n) is 54.2. The van der Waals surface area contributed by atoms with Crippen LogP contribution in [0.25, 0.3) is 10.8 Å². The molecule has 0 atom stereocenters. The van der Waals surface area contributed by atoms with Crippen molar-refractivity contribution in [2.75, 3.05) is 0 Å². The van der Waals surface area contributed by atoms with E-state index in [1.165, 1.54) is 99.3 Å². The fourth-order valence-corrected chi connectivity index (χ4v) is 18.3. The second-order valence-corrected chi connectivity index (χ2v) is 29.1. The molecule has 4 saturated carbocycles. The Labute approximate surface area is 558 Å². The van der Waals surface area contributed by atoms with E-state index in [1.54, 1.807) is 18.2 Å². The summed E-state index contributed by atoms with van der Waals surface area (Å²) >= 11 is 0. The number of benzene rings is 9. The van der Waals surface area contributed by atoms with Gasteiger partial charge in [0.15, 0.2) is 29.4 Å². The van der Waals surface area contributed by atoms with Crippen molar-refractivity contribution in [2.24, 2.45) is 23.2 Å². The minimum atomic E-state index is -1.41. The number of aryl methyl sites for hydroxylation is 4. The molecule has 94 heavy (non-hydrogen) atoms. The largest absolute Gasteiger partial charge is 0.872 e. The summed E-state index contributed by atoms with van der Waals surface area (Å²) in [7, 11) is -0.413. The Balaban J connectivity index is 0.000000162. The van der Waals surface area contributed by atoms with Crippen molar-refractivity contribution in [1.82, 2.24) is 0 Å². The van der Waals surface area contributed by atoms with Gasteiger partial charge in [-0.05, 0) is 179 Å². The number of rotatable bonds is 20. The van der Waals surface area contributed by atoms with E-state index >= 15 is 0 Å². The van der Waals surface area contributed by atoms with Crippen LogP contribution in [0.5, 0.6) is 34.5 Å². The zero-order chi connectivity index (χ0) is 66.9. The molecular weight excluding hydrogens is 1220 g/mol. The molecule has 0 heterocycles. The van der Waals surface area contributed by atoms with Gasteiger partial charge < -0.3 is 40.1 Å². The Hall–Kier alpha value is -8.98. The number of ether oxygens (including phenoxy) is 2. The van der Waals surface area contributed by atoms with E-state index in [4.69, 9.17) is 24.8 Å². The van der Waals surface area contributed by atoms with E-state index in [0.717, 1.165) is 102 Å². The molecule has 0 aromatic heterocycles. The number of hydrogen-bond donors (Lipinski definition) is 4. The summed E-state index contributed by atoms with van der Waals surface area (Å²) in [5, 5.41) is 58.5. The molecule has 0 saturated heterocycles. The van der Waals surface area contributed by atoms with Crippen LogP contribution in [0.2, 0.25) is 0 Å². The first kappa shape index (κ1) is 69.4. The summed E-state index contributed by atoms with van der Waals surface area (Å²) in [6.45, 7) is 10.5. The molecule has 0 unspecified atom stereocenters. The molecule has 0 amide bonds. The van der Waals surface area contributed by atoms with Crippen LogP contribution in [0.4, 0.5) is 0 Å². The monoisotopic (exact) mass is 1300 g/mol. The van der Waals surface area contributed by atoms with Gasteiger partial charge in [0.05, 0.1) is 38.3 Å². The highest BCUT2D eigenvalue weighted by molar-refractivity contribution is 7.97. The van der Waals surface area contributed by atoms with Crippen molar-refractivity contribution in [3.05, 3.63) is 228 Å². The summed E-state index contributed by atoms with van der Waals surface area (Å²) in [6, 6.07) is 62.4. The van der Waals surface area contributed by atoms with Crippen LogP contribution in [0.1, 0.15) is 146 Å². The highest BCUT2D eigenvalue weighted by Crippen LogP contribution is 2.60. The Morgan fingerprint density at radius 2 is 0.851 bits per heavy atom. The zero-order valence-corrected chi connectivity index (χ0v) is 55.8. The maximum Gasteiger partial charge on any atom is 0.338 e. The van der Waals surface area contributed by atoms with E-state index < -0.39 is 40.3 Å². The first-order chi connectivity index (χ1) is 45.3. The summed E-state index contributed by atoms with van der Waals surface area (Å²) < 4.78 is 12.1. The maximum absolute atomic E-state index is 13.6. The number of phenols is 2. The van der Waals surface area contributed by atoms with Gasteiger partial charge in [-0.3, -0.25) is 9.59 Å². The number of carboxylic acids is 2. The molecule has 4 N–H and O–H groups in total. The van der Waals surface area contributed by atoms with Crippen LogP contribution in [-0.4, -0.2) is 44.3 Å². The molecule has 0 radical (unpaired) electrons. The highest BCUT2D eigenvalue weighted by atomic mass is 32.2. The van der Waals surface area contributed by atoms with Crippen LogP contribution in [-0.2, 0) is 31.4 Å². The summed E-state index contributed by atoms with van der Waals surface area (Å²) in [6.07, 6.45) is 17.4. The molecule has 488 valence electrons. The van der Waals surface area contributed by atoms with E-state index in [-0.39, 0.29) is 50.3 Å². The minimum absolute atomic E-state index is 0.0377. The van der Waals surface area contributed by atoms with Gasteiger partial charge in [-0.15, -0.1) is 0 Å². The predicted molar refractivity (Wildman–Crippen MR) is 368 cm³/mol. The van der Waals surface area contributed by atoms with Crippen LogP contribution >= 0.6 is 0 Å². The van der Waals surface area contributed by atoms with Gasteiger partial charge in [0.1, 0.15) is 23.0 Å². The van der Waals surface area contributed by atoms with Gasteiger partial charge >= 0.3 is 23.9 Å². The molecule has 13 rings (SSSR count). The quantitative estimate of drug-likeness (QED) is 0.0243. The predicted octanol–water partition coefficient (Wildman–Crippen LogP) is 17.8. The Morgan fingerprint density at radius 1 is 0.457 bits per heavy atom. The number of aromatic hydroxyl groups is 2. The molecule has 9 aromatic rings. The number of phenolic OH excluding ortho intramolecular Hbond substituents is 1. The highest BCUT2D eigenvalue weighted by Gasteiger charge is 2.56. The fourth-order valence-electron chi connectivity index (χ4n) is 13.8. The number of hydrogen-bond acceptors (Lipinski definition) is 10. The van der Waals surface area contributed by atoms with Crippen LogP contribution in [0, 0.1) is 50.9 Å². The van der Waals surface area contributed by atoms with Gasteiger partial charge in [0.25, 0.3) is 0 Å². The van der Waals surface area contributed by atoms with Crippen LogP contribution in [0.3, 0.4) is 0 Å². The molecule has 0 spiro atoms. The summed E-state index contributed by atoms with van der Waals surface area (Å²) in [5.41, 5.74) is 2.92. The second-order valence-electron chi connectivity index (χ2n) is 25.0. The Morgan fingerprint density at radius 3 is 1.24 bits per heavy atom. The van der Waals surface area contributed by atoms with Crippen molar-refractivity contribution in [3.63, 3.8) is 0 Å². The number of fused-ring (bicyclic) bond motifs is 1. The third-order valence-corrected chi connectivity index (χ3v) is 22.2. The third kappa shape index (κ3) is 17.4. The molecule has 14 heteroatoms. The summed E-state index contributed by atoms with van der Waals surface area (Å²) in [5.74, 6) is -1.06. The van der Waals surface area contributed by atoms with E-state index in [0.29, 0.717) is 11.8 Å². The summed E-state index contributed by atoms with van der Waals surface area (Å²) in [4.78, 5) is 54.8. The topological polar surface area (TPSA) is 214 Å². The molecule has 4 fully saturated rings. The number of carbonyl (C=O) groups is 4. The van der Waals surface area contributed by atoms with Crippen molar-refractivity contribution >= 4 is 56.4 Å². The van der Waals surface area contributed by atoms with Crippen molar-refractivity contribution in [3.8, 4) is 34.5 Å². The molecule has 4 aliphatic carbocycles. The number of carboxylic acid groups (broad SMARTS) is 2. The minimum Gasteiger partial charge on any atom is -0.872 e. The fraction of sp³-hybridized carbons (Fsp3) is 0.300. The smallest absolute Gasteiger partial charge is 0.338 e. The van der Waals surface area contributed by atoms with Gasteiger partial charge in [0.2, 0.25) is 0 Å². The normalized spacial score (nSPS) is 16.6. The van der Waals surface area contributed by atoms with Gasteiger partial charge in [-0.1, -0.05) is 173 Å². The van der Waals surface area contributed by atoms with Crippen molar-refractivity contribution < 1.29 is 59.3 Å². The lowest BCUT2D eigenvalue weighted by Gasteiger charge is -2.55. The van der Waals surface area contributed by atoms with E-state index in [2.05, 4.69) is 166 Å². The molecule has 0 aliphatic heterocycles. The number of carbonyl (C=O) groups excluding carboxylic acids is 2. The lowest BCUT2D eigenvalue weighted by Crippen LogP contribution is -2.51. The lowest BCUT2D eigenvalue weighted by molar-refractivity contribution is -0.269. The number of esters is 2. The van der Waals surface area contributed by atoms with E-state index in [9.17, 15) is 34.5 Å². The van der Waals surface area contributed by atoms with Gasteiger partial charge in [0, 0.05) is 36.1 Å². The average molecular weight is 1300 g/mol. The molecule has 9 aromatic carbocycles. The standard InChI is InChI=1S/C31H33O2S.C31H39O2S.C11H8O4.C7H6O4/c1-21-13-28(34(26-9-5-3-6-10-26)27-11-7-4-8-12-27)14-22(2)29(21)33-30(32)31-18-23-15-24(19-31)17-25(16-23)20-31;1-4-5-6-7-8-9-10-17-22-30(32)33-31-25(2)23-29(24-26(31)3)34(27-18-13-11-14-19-27)28-20-15-12-16-21-28;12-9-5-8(11(14)15)10(13)7-4-2-1-3-6(7)9;8-4-2-1-3-5(9)6(4)7(10)11/h3-14,23-25H,15-20H2,1-2H3;11-16,18-21,23-24H,4-10,17,22H2,1-3H3;1-5,12-13H,(H,14,15);1-3,8-9H,(H,10,11)/q2*+1;;/p-2. The molecule has 12 nitrogen and oxygen atoms in total. The Kier molecular flexibility index (Phi) is 24.2. The molecule has 4 aliphatic rings. The molecular formula is C80H84O12S2. The van der Waals surface area contributed by atoms with Crippen molar-refractivity contribution in [2.45, 2.75) is 160 Å². The van der Waals surface area contributed by atoms with Crippen molar-refractivity contribution in [1.29, 1.82) is 0 Å². The van der Waals surface area contributed by atoms with Gasteiger partial charge in [-0.2, -0.15) is 0 Å². The van der Waals surface area contributed by atoms with Crippen LogP contribution < -0.4 is 19.7 Å². The van der Waals surface area contributed by atoms with E-state index in [1.807, 2.05) is 13.8 Å².